The van der Waals surface area contributed by atoms with E-state index in [9.17, 15) is 0 Å². The third-order valence-electron chi connectivity index (χ3n) is 2.45. The molecule has 0 aliphatic carbocycles. The molecule has 0 bridgehead atoms. The van der Waals surface area contributed by atoms with Gasteiger partial charge >= 0.3 is 0 Å². The van der Waals surface area contributed by atoms with Crippen LogP contribution in [0.4, 0.5) is 0 Å². The molecule has 0 aromatic carbocycles. The average Bonchev–Trinajstić information content (AvgIpc) is 2.48. The lowest BCUT2D eigenvalue weighted by molar-refractivity contribution is 0.439. The fraction of sp³-hybridized carbons (Fsp3) is 0.667. The second-order valence-corrected chi connectivity index (χ2v) is 3.34. The number of aromatic nitrogens is 2. The maximum Gasteiger partial charge on any atom is 0.0946 e. The highest BCUT2D eigenvalue weighted by molar-refractivity contribution is 5.04. The Bertz CT molecular complexity index is 242. The second kappa shape index (κ2) is 3.72. The quantitative estimate of drug-likeness (QED) is 0.740. The maximum atomic E-state index is 6.03. The first-order chi connectivity index (χ1) is 5.66. The van der Waals surface area contributed by atoms with Crippen LogP contribution in [0.25, 0.3) is 0 Å². The molecule has 2 atom stereocenters. The molecule has 0 aliphatic heterocycles. The lowest BCUT2D eigenvalue weighted by atomic mass is 9.98. The van der Waals surface area contributed by atoms with Crippen molar-refractivity contribution >= 4 is 0 Å². The zero-order valence-corrected chi connectivity index (χ0v) is 7.99. The van der Waals surface area contributed by atoms with Crippen molar-refractivity contribution in [2.45, 2.75) is 26.3 Å². The lowest BCUT2D eigenvalue weighted by Crippen LogP contribution is -2.20. The van der Waals surface area contributed by atoms with Crippen LogP contribution in [0.2, 0.25) is 0 Å². The van der Waals surface area contributed by atoms with E-state index in [1.54, 1.807) is 6.33 Å². The number of rotatable bonds is 3. The van der Waals surface area contributed by atoms with Crippen LogP contribution in [0, 0.1) is 5.92 Å². The van der Waals surface area contributed by atoms with Crippen LogP contribution >= 0.6 is 0 Å². The van der Waals surface area contributed by atoms with Gasteiger partial charge in [0, 0.05) is 19.3 Å². The van der Waals surface area contributed by atoms with Crippen LogP contribution in [-0.4, -0.2) is 9.55 Å². The van der Waals surface area contributed by atoms with Gasteiger partial charge in [-0.3, -0.25) is 0 Å². The molecule has 3 heteroatoms. The van der Waals surface area contributed by atoms with Crippen molar-refractivity contribution in [1.82, 2.24) is 9.55 Å². The summed E-state index contributed by atoms with van der Waals surface area (Å²) in [6.45, 7) is 4.32. The number of aryl methyl sites for hydroxylation is 1. The normalized spacial score (nSPS) is 16.0. The minimum atomic E-state index is 0.113. The molecule has 68 valence electrons. The zero-order valence-electron chi connectivity index (χ0n) is 7.99. The summed E-state index contributed by atoms with van der Waals surface area (Å²) in [4.78, 5) is 4.04. The molecule has 0 spiro atoms. The fourth-order valence-electron chi connectivity index (χ4n) is 1.23. The summed E-state index contributed by atoms with van der Waals surface area (Å²) in [6, 6.07) is 0.113. The highest BCUT2D eigenvalue weighted by atomic mass is 15.0. The minimum absolute atomic E-state index is 0.113. The van der Waals surface area contributed by atoms with Crippen molar-refractivity contribution in [2.75, 3.05) is 0 Å². The maximum absolute atomic E-state index is 6.03. The van der Waals surface area contributed by atoms with E-state index in [4.69, 9.17) is 5.73 Å². The van der Waals surface area contributed by atoms with Gasteiger partial charge < -0.3 is 10.3 Å². The summed E-state index contributed by atoms with van der Waals surface area (Å²) in [5.74, 6) is 0.514. The van der Waals surface area contributed by atoms with Gasteiger partial charge in [-0.25, -0.2) is 4.98 Å². The average molecular weight is 167 g/mol. The van der Waals surface area contributed by atoms with Gasteiger partial charge in [-0.1, -0.05) is 20.3 Å². The summed E-state index contributed by atoms with van der Waals surface area (Å²) in [5, 5.41) is 0. The third kappa shape index (κ3) is 1.67. The summed E-state index contributed by atoms with van der Waals surface area (Å²) in [7, 11) is 1.98. The Labute approximate surface area is 73.6 Å². The SMILES string of the molecule is CCC(C)C(N)c1cncn1C. The Morgan fingerprint density at radius 1 is 1.67 bits per heavy atom. The van der Waals surface area contributed by atoms with Crippen molar-refractivity contribution in [3.63, 3.8) is 0 Å². The summed E-state index contributed by atoms with van der Waals surface area (Å²) in [5.41, 5.74) is 7.15. The molecule has 12 heavy (non-hydrogen) atoms. The van der Waals surface area contributed by atoms with Gasteiger partial charge in [0.2, 0.25) is 0 Å². The molecule has 0 radical (unpaired) electrons. The molecule has 1 rings (SSSR count). The van der Waals surface area contributed by atoms with E-state index in [1.807, 2.05) is 17.8 Å². The zero-order chi connectivity index (χ0) is 9.14. The lowest BCUT2D eigenvalue weighted by Gasteiger charge is -2.18. The Hall–Kier alpha value is -0.830. The first-order valence-corrected chi connectivity index (χ1v) is 4.38. The fourth-order valence-corrected chi connectivity index (χ4v) is 1.23. The van der Waals surface area contributed by atoms with Gasteiger partial charge in [-0.2, -0.15) is 0 Å². The van der Waals surface area contributed by atoms with Crippen molar-refractivity contribution in [3.05, 3.63) is 18.2 Å². The van der Waals surface area contributed by atoms with Crippen LogP contribution in [0.15, 0.2) is 12.5 Å². The van der Waals surface area contributed by atoms with Crippen molar-refractivity contribution in [1.29, 1.82) is 0 Å². The molecule has 0 fully saturated rings. The topological polar surface area (TPSA) is 43.8 Å². The molecular weight excluding hydrogens is 150 g/mol. The highest BCUT2D eigenvalue weighted by Crippen LogP contribution is 2.20. The summed E-state index contributed by atoms with van der Waals surface area (Å²) >= 11 is 0. The Kier molecular flexibility index (Phi) is 2.87. The van der Waals surface area contributed by atoms with E-state index >= 15 is 0 Å². The molecule has 0 saturated carbocycles. The summed E-state index contributed by atoms with van der Waals surface area (Å²) < 4.78 is 1.98. The van der Waals surface area contributed by atoms with Crippen LogP contribution in [0.3, 0.4) is 0 Å². The van der Waals surface area contributed by atoms with Gasteiger partial charge in [0.15, 0.2) is 0 Å². The monoisotopic (exact) mass is 167 g/mol. The molecular formula is C9H17N3. The predicted molar refractivity (Wildman–Crippen MR) is 49.6 cm³/mol. The van der Waals surface area contributed by atoms with Gasteiger partial charge in [0.05, 0.1) is 12.0 Å². The molecule has 1 aromatic heterocycles. The number of imidazole rings is 1. The molecule has 2 N–H and O–H groups in total. The first kappa shape index (κ1) is 9.26. The van der Waals surface area contributed by atoms with Crippen LogP contribution in [0.1, 0.15) is 32.0 Å². The largest absolute Gasteiger partial charge is 0.336 e. The number of nitrogens with two attached hydrogens (primary N) is 1. The van der Waals surface area contributed by atoms with Gasteiger partial charge in [0.25, 0.3) is 0 Å². The van der Waals surface area contributed by atoms with E-state index in [0.29, 0.717) is 5.92 Å². The van der Waals surface area contributed by atoms with Gasteiger partial charge in [-0.05, 0) is 5.92 Å². The molecule has 0 amide bonds. The third-order valence-corrected chi connectivity index (χ3v) is 2.45. The minimum Gasteiger partial charge on any atom is -0.336 e. The van der Waals surface area contributed by atoms with Gasteiger partial charge in [0.1, 0.15) is 0 Å². The van der Waals surface area contributed by atoms with Crippen molar-refractivity contribution < 1.29 is 0 Å². The molecule has 0 aliphatic rings. The summed E-state index contributed by atoms with van der Waals surface area (Å²) in [6.07, 6.45) is 4.74. The molecule has 2 unspecified atom stereocenters. The molecule has 3 nitrogen and oxygen atoms in total. The number of hydrogen-bond acceptors (Lipinski definition) is 2. The van der Waals surface area contributed by atoms with Crippen LogP contribution in [0.5, 0.6) is 0 Å². The second-order valence-electron chi connectivity index (χ2n) is 3.34. The predicted octanol–water partition coefficient (Wildman–Crippen LogP) is 1.47. The van der Waals surface area contributed by atoms with Crippen LogP contribution < -0.4 is 5.73 Å². The molecule has 1 heterocycles. The number of hydrogen-bond donors (Lipinski definition) is 1. The Morgan fingerprint density at radius 2 is 2.33 bits per heavy atom. The van der Waals surface area contributed by atoms with E-state index < -0.39 is 0 Å². The van der Waals surface area contributed by atoms with Gasteiger partial charge in [-0.15, -0.1) is 0 Å². The standard InChI is InChI=1S/C9H17N3/c1-4-7(2)9(10)8-5-11-6-12(8)3/h5-7,9H,4,10H2,1-3H3. The highest BCUT2D eigenvalue weighted by Gasteiger charge is 2.15. The van der Waals surface area contributed by atoms with E-state index in [2.05, 4.69) is 18.8 Å². The Morgan fingerprint density at radius 3 is 2.75 bits per heavy atom. The van der Waals surface area contributed by atoms with Crippen LogP contribution in [-0.2, 0) is 7.05 Å². The smallest absolute Gasteiger partial charge is 0.0946 e. The van der Waals surface area contributed by atoms with E-state index in [0.717, 1.165) is 12.1 Å². The molecule has 0 saturated heterocycles. The Balaban J connectivity index is 2.77. The van der Waals surface area contributed by atoms with Crippen molar-refractivity contribution in [2.24, 2.45) is 18.7 Å². The van der Waals surface area contributed by atoms with E-state index in [1.165, 1.54) is 0 Å². The molecule has 1 aromatic rings. The van der Waals surface area contributed by atoms with Crippen molar-refractivity contribution in [3.8, 4) is 0 Å². The van der Waals surface area contributed by atoms with E-state index in [-0.39, 0.29) is 6.04 Å². The number of nitrogens with zero attached hydrogens (tertiary/aromatic N) is 2. The first-order valence-electron chi connectivity index (χ1n) is 4.38.